The molecule has 0 aliphatic rings. The molecule has 29 heavy (non-hydrogen) atoms. The van der Waals surface area contributed by atoms with Crippen molar-refractivity contribution >= 4 is 28.8 Å². The third-order valence-electron chi connectivity index (χ3n) is 4.07. The molecule has 0 aliphatic carbocycles. The lowest BCUT2D eigenvalue weighted by Crippen LogP contribution is -2.13. The molecule has 0 bridgehead atoms. The maximum atomic E-state index is 13.4. The zero-order valence-corrected chi connectivity index (χ0v) is 15.2. The highest BCUT2D eigenvalue weighted by Crippen LogP contribution is 2.36. The Morgan fingerprint density at radius 1 is 1.07 bits per heavy atom. The molecular weight excluding hydrogens is 387 g/mol. The lowest BCUT2D eigenvalue weighted by atomic mass is 10.1. The van der Waals surface area contributed by atoms with Crippen molar-refractivity contribution in [1.82, 2.24) is 9.97 Å². The molecule has 2 aromatic carbocycles. The van der Waals surface area contributed by atoms with Crippen LogP contribution in [0.3, 0.4) is 0 Å². The highest BCUT2D eigenvalue weighted by molar-refractivity contribution is 5.70. The summed E-state index contributed by atoms with van der Waals surface area (Å²) in [6.07, 6.45) is -3.26. The van der Waals surface area contributed by atoms with E-state index in [9.17, 15) is 23.3 Å². The van der Waals surface area contributed by atoms with E-state index >= 15 is 0 Å². The van der Waals surface area contributed by atoms with Crippen molar-refractivity contribution in [3.8, 4) is 0 Å². The monoisotopic (exact) mass is 403 g/mol. The molecule has 1 heterocycles. The zero-order chi connectivity index (χ0) is 21.0. The largest absolute Gasteiger partial charge is 0.421 e. The Kier molecular flexibility index (Phi) is 5.62. The summed E-state index contributed by atoms with van der Waals surface area (Å²) in [6.45, 7) is 2.00. The molecule has 0 spiro atoms. The van der Waals surface area contributed by atoms with Crippen LogP contribution in [0.2, 0.25) is 0 Å². The number of aryl methyl sites for hydroxylation is 1. The number of nitrogens with one attached hydrogen (secondary N) is 2. The van der Waals surface area contributed by atoms with Crippen LogP contribution >= 0.6 is 0 Å². The molecule has 0 fully saturated rings. The number of benzene rings is 2. The van der Waals surface area contributed by atoms with Gasteiger partial charge in [0.1, 0.15) is 17.1 Å². The first kappa shape index (κ1) is 20.1. The van der Waals surface area contributed by atoms with Crippen LogP contribution in [0.5, 0.6) is 0 Å². The van der Waals surface area contributed by atoms with E-state index in [0.717, 1.165) is 12.0 Å². The number of aromatic nitrogens is 2. The Morgan fingerprint density at radius 2 is 1.76 bits per heavy atom. The van der Waals surface area contributed by atoms with Gasteiger partial charge in [-0.3, -0.25) is 10.1 Å². The van der Waals surface area contributed by atoms with Gasteiger partial charge in [-0.1, -0.05) is 31.2 Å². The molecule has 7 nitrogen and oxygen atoms in total. The van der Waals surface area contributed by atoms with Gasteiger partial charge in [-0.05, 0) is 30.2 Å². The summed E-state index contributed by atoms with van der Waals surface area (Å²) in [5, 5.41) is 16.4. The van der Waals surface area contributed by atoms with Crippen LogP contribution in [-0.4, -0.2) is 14.9 Å². The van der Waals surface area contributed by atoms with Crippen LogP contribution in [0.1, 0.15) is 18.1 Å². The molecule has 0 unspecified atom stereocenters. The number of alkyl halides is 3. The van der Waals surface area contributed by atoms with Crippen LogP contribution in [0.25, 0.3) is 0 Å². The predicted molar refractivity (Wildman–Crippen MR) is 103 cm³/mol. The average Bonchev–Trinajstić information content (AvgIpc) is 2.68. The molecule has 0 saturated carbocycles. The van der Waals surface area contributed by atoms with Crippen molar-refractivity contribution in [3.05, 3.63) is 76.0 Å². The Labute approximate surface area is 163 Å². The third-order valence-corrected chi connectivity index (χ3v) is 4.07. The number of hydrogen-bond donors (Lipinski definition) is 2. The van der Waals surface area contributed by atoms with E-state index in [1.54, 1.807) is 12.1 Å². The van der Waals surface area contributed by atoms with Gasteiger partial charge in [-0.15, -0.1) is 0 Å². The lowest BCUT2D eigenvalue weighted by Gasteiger charge is -2.15. The molecule has 1 aromatic heterocycles. The zero-order valence-electron chi connectivity index (χ0n) is 15.2. The first-order chi connectivity index (χ1) is 13.8. The van der Waals surface area contributed by atoms with Crippen LogP contribution < -0.4 is 10.6 Å². The molecule has 2 N–H and O–H groups in total. The minimum Gasteiger partial charge on any atom is -0.334 e. The van der Waals surface area contributed by atoms with Crippen LogP contribution in [0.4, 0.5) is 42.0 Å². The summed E-state index contributed by atoms with van der Waals surface area (Å²) < 4.78 is 40.1. The Bertz CT molecular complexity index is 1020. The number of para-hydroxylation sites is 2. The van der Waals surface area contributed by atoms with E-state index < -0.39 is 22.5 Å². The molecule has 10 heteroatoms. The minimum atomic E-state index is -4.74. The SMILES string of the molecule is CCc1ccc(Nc2ncc(C(F)(F)F)c(Nc3ccccc3[N+](=O)[O-])n2)cc1. The van der Waals surface area contributed by atoms with Gasteiger partial charge < -0.3 is 10.6 Å². The van der Waals surface area contributed by atoms with Gasteiger partial charge in [-0.25, -0.2) is 4.98 Å². The van der Waals surface area contributed by atoms with Crippen LogP contribution in [0.15, 0.2) is 54.7 Å². The fourth-order valence-corrected chi connectivity index (χ4v) is 2.56. The summed E-state index contributed by atoms with van der Waals surface area (Å²) >= 11 is 0. The quantitative estimate of drug-likeness (QED) is 0.420. The fraction of sp³-hybridized carbons (Fsp3) is 0.158. The van der Waals surface area contributed by atoms with Crippen LogP contribution in [0, 0.1) is 10.1 Å². The number of nitrogens with zero attached hydrogens (tertiary/aromatic N) is 3. The van der Waals surface area contributed by atoms with Crippen LogP contribution in [-0.2, 0) is 12.6 Å². The molecule has 0 saturated heterocycles. The maximum absolute atomic E-state index is 13.4. The van der Waals surface area contributed by atoms with Crippen molar-refractivity contribution in [2.24, 2.45) is 0 Å². The molecule has 3 aromatic rings. The second kappa shape index (κ2) is 8.13. The number of anilines is 4. The predicted octanol–water partition coefficient (Wildman–Crippen LogP) is 5.45. The second-order valence-electron chi connectivity index (χ2n) is 6.03. The number of nitro benzene ring substituents is 1. The maximum Gasteiger partial charge on any atom is 0.421 e. The molecule has 0 aliphatic heterocycles. The van der Waals surface area contributed by atoms with Crippen molar-refractivity contribution in [3.63, 3.8) is 0 Å². The molecular formula is C19H16F3N5O2. The van der Waals surface area contributed by atoms with E-state index in [4.69, 9.17) is 0 Å². The first-order valence-electron chi connectivity index (χ1n) is 8.58. The van der Waals surface area contributed by atoms with E-state index in [0.29, 0.717) is 11.9 Å². The summed E-state index contributed by atoms with van der Waals surface area (Å²) in [7, 11) is 0. The van der Waals surface area contributed by atoms with E-state index in [2.05, 4.69) is 20.6 Å². The Balaban J connectivity index is 1.97. The van der Waals surface area contributed by atoms with Gasteiger partial charge in [0.05, 0.1) is 4.92 Å². The number of nitro groups is 1. The molecule has 0 amide bonds. The molecule has 150 valence electrons. The van der Waals surface area contributed by atoms with Crippen molar-refractivity contribution in [2.75, 3.05) is 10.6 Å². The normalized spacial score (nSPS) is 11.2. The van der Waals surface area contributed by atoms with Gasteiger partial charge in [0.25, 0.3) is 5.69 Å². The van der Waals surface area contributed by atoms with Crippen molar-refractivity contribution in [2.45, 2.75) is 19.5 Å². The fourth-order valence-electron chi connectivity index (χ4n) is 2.56. The standard InChI is InChI=1S/C19H16F3N5O2/c1-2-12-7-9-13(10-8-12)24-18-23-11-14(19(20,21)22)17(26-18)25-15-5-3-4-6-16(15)27(28)29/h3-11H,2H2,1H3,(H2,23,24,25,26). The number of hydrogen-bond acceptors (Lipinski definition) is 6. The number of halogens is 3. The van der Waals surface area contributed by atoms with E-state index in [1.165, 1.54) is 24.3 Å². The summed E-state index contributed by atoms with van der Waals surface area (Å²) in [5.41, 5.74) is 0.0765. The Hall–Kier alpha value is -3.69. The van der Waals surface area contributed by atoms with Gasteiger partial charge in [0.15, 0.2) is 0 Å². The average molecular weight is 403 g/mol. The highest BCUT2D eigenvalue weighted by atomic mass is 19.4. The second-order valence-corrected chi connectivity index (χ2v) is 6.03. The summed E-state index contributed by atoms with van der Waals surface area (Å²) in [4.78, 5) is 18.1. The summed E-state index contributed by atoms with van der Waals surface area (Å²) in [6, 6.07) is 12.6. The van der Waals surface area contributed by atoms with E-state index in [1.807, 2.05) is 19.1 Å². The topological polar surface area (TPSA) is 93.0 Å². The highest BCUT2D eigenvalue weighted by Gasteiger charge is 2.35. The smallest absolute Gasteiger partial charge is 0.334 e. The van der Waals surface area contributed by atoms with Crippen molar-refractivity contribution in [1.29, 1.82) is 0 Å². The van der Waals surface area contributed by atoms with Gasteiger partial charge in [-0.2, -0.15) is 18.2 Å². The molecule has 0 radical (unpaired) electrons. The molecule has 0 atom stereocenters. The molecule has 3 rings (SSSR count). The van der Waals surface area contributed by atoms with Crippen molar-refractivity contribution < 1.29 is 18.1 Å². The van der Waals surface area contributed by atoms with E-state index in [-0.39, 0.29) is 17.3 Å². The summed E-state index contributed by atoms with van der Waals surface area (Å²) in [5.74, 6) is -0.669. The minimum absolute atomic E-state index is 0.0802. The Morgan fingerprint density at radius 3 is 2.38 bits per heavy atom. The van der Waals surface area contributed by atoms with Gasteiger partial charge >= 0.3 is 6.18 Å². The third kappa shape index (κ3) is 4.78. The number of rotatable bonds is 6. The lowest BCUT2D eigenvalue weighted by molar-refractivity contribution is -0.383. The van der Waals surface area contributed by atoms with Gasteiger partial charge in [0, 0.05) is 18.0 Å². The van der Waals surface area contributed by atoms with Gasteiger partial charge in [0.2, 0.25) is 5.95 Å². The first-order valence-corrected chi connectivity index (χ1v) is 8.58.